The number of benzene rings is 2. The zero-order valence-corrected chi connectivity index (χ0v) is 17.8. The summed E-state index contributed by atoms with van der Waals surface area (Å²) in [4.78, 5) is 0. The van der Waals surface area contributed by atoms with E-state index in [0.29, 0.717) is 28.6 Å². The maximum Gasteiger partial charge on any atom is 0.180 e. The van der Waals surface area contributed by atoms with Crippen LogP contribution in [0.3, 0.4) is 0 Å². The van der Waals surface area contributed by atoms with E-state index in [1.165, 1.54) is 6.07 Å². The summed E-state index contributed by atoms with van der Waals surface area (Å²) < 4.78 is 24.8. The predicted octanol–water partition coefficient (Wildman–Crippen LogP) is 4.61. The van der Waals surface area contributed by atoms with Gasteiger partial charge in [0.2, 0.25) is 0 Å². The summed E-state index contributed by atoms with van der Waals surface area (Å²) in [6.45, 7) is 2.66. The zero-order valence-electron chi connectivity index (χ0n) is 15.4. The van der Waals surface area contributed by atoms with E-state index in [-0.39, 0.29) is 37.2 Å². The first-order valence-corrected chi connectivity index (χ1v) is 8.61. The lowest BCUT2D eigenvalue weighted by Crippen LogP contribution is -2.19. The van der Waals surface area contributed by atoms with Crippen LogP contribution in [0.25, 0.3) is 0 Å². The number of rotatable bonds is 10. The van der Waals surface area contributed by atoms with Gasteiger partial charge in [-0.25, -0.2) is 4.39 Å². The van der Waals surface area contributed by atoms with E-state index in [4.69, 9.17) is 21.1 Å². The van der Waals surface area contributed by atoms with Gasteiger partial charge in [-0.05, 0) is 50.3 Å². The zero-order chi connectivity index (χ0) is 18.1. The molecule has 8 heteroatoms. The Morgan fingerprint density at radius 2 is 1.85 bits per heavy atom. The molecular formula is C19H26Cl3FN2O2. The Hall–Kier alpha value is -1.24. The molecule has 0 saturated heterocycles. The summed E-state index contributed by atoms with van der Waals surface area (Å²) in [5.74, 6) is 0.655. The molecule has 0 spiro atoms. The minimum atomic E-state index is -0.306. The second-order valence-electron chi connectivity index (χ2n) is 5.62. The van der Waals surface area contributed by atoms with Crippen molar-refractivity contribution in [2.45, 2.75) is 19.6 Å². The smallest absolute Gasteiger partial charge is 0.180 e. The van der Waals surface area contributed by atoms with Crippen molar-refractivity contribution in [2.24, 2.45) is 0 Å². The van der Waals surface area contributed by atoms with Crippen LogP contribution in [0.4, 0.5) is 4.39 Å². The van der Waals surface area contributed by atoms with Crippen molar-refractivity contribution in [3.8, 4) is 11.5 Å². The summed E-state index contributed by atoms with van der Waals surface area (Å²) in [6.07, 6.45) is 1.05. The number of nitrogens with one attached hydrogen (secondary N) is 2. The van der Waals surface area contributed by atoms with Gasteiger partial charge in [0.15, 0.2) is 11.5 Å². The highest BCUT2D eigenvalue weighted by Crippen LogP contribution is 2.37. The summed E-state index contributed by atoms with van der Waals surface area (Å²) in [6, 6.07) is 10.2. The average Bonchev–Trinajstić information content (AvgIpc) is 2.61. The molecule has 2 aromatic rings. The van der Waals surface area contributed by atoms with Crippen LogP contribution in [0.15, 0.2) is 36.4 Å². The average molecular weight is 440 g/mol. The molecule has 27 heavy (non-hydrogen) atoms. The molecule has 0 aliphatic rings. The second kappa shape index (κ2) is 13.9. The largest absolute Gasteiger partial charge is 0.493 e. The standard InChI is InChI=1S/C19H24ClFN2O2.2ClH/c1-22-8-5-9-23-12-14-10-16(20)19(18(11-14)24-2)25-13-15-6-3-4-7-17(15)21;;/h3-4,6-7,10-11,22-23H,5,8-9,12-13H2,1-2H3;2*1H. The number of methoxy groups -OCH3 is 1. The van der Waals surface area contributed by atoms with Crippen LogP contribution in [-0.2, 0) is 13.2 Å². The van der Waals surface area contributed by atoms with Crippen molar-refractivity contribution >= 4 is 36.4 Å². The molecule has 0 atom stereocenters. The maximum absolute atomic E-state index is 13.7. The Balaban J connectivity index is 0.00000338. The Bertz CT molecular complexity index is 690. The van der Waals surface area contributed by atoms with E-state index in [1.54, 1.807) is 25.3 Å². The highest BCUT2D eigenvalue weighted by atomic mass is 35.5. The van der Waals surface area contributed by atoms with Crippen LogP contribution in [0.2, 0.25) is 5.02 Å². The Morgan fingerprint density at radius 1 is 1.11 bits per heavy atom. The summed E-state index contributed by atoms with van der Waals surface area (Å²) >= 11 is 6.35. The molecule has 0 aliphatic carbocycles. The Kier molecular flexibility index (Phi) is 13.2. The quantitative estimate of drug-likeness (QED) is 0.531. The maximum atomic E-state index is 13.7. The minimum absolute atomic E-state index is 0. The number of hydrogen-bond donors (Lipinski definition) is 2. The second-order valence-corrected chi connectivity index (χ2v) is 6.03. The van der Waals surface area contributed by atoms with Gasteiger partial charge in [0, 0.05) is 12.1 Å². The molecule has 4 nitrogen and oxygen atoms in total. The lowest BCUT2D eigenvalue weighted by atomic mass is 10.2. The van der Waals surface area contributed by atoms with E-state index < -0.39 is 0 Å². The lowest BCUT2D eigenvalue weighted by Gasteiger charge is -2.15. The first kappa shape index (κ1) is 25.8. The van der Waals surface area contributed by atoms with Gasteiger partial charge in [-0.2, -0.15) is 0 Å². The molecule has 0 radical (unpaired) electrons. The normalized spacial score (nSPS) is 9.93. The summed E-state index contributed by atoms with van der Waals surface area (Å²) in [5, 5.41) is 6.91. The monoisotopic (exact) mass is 438 g/mol. The third-order valence-corrected chi connectivity index (χ3v) is 4.01. The van der Waals surface area contributed by atoms with Gasteiger partial charge in [0.25, 0.3) is 0 Å². The van der Waals surface area contributed by atoms with Crippen molar-refractivity contribution in [1.29, 1.82) is 0 Å². The Morgan fingerprint density at radius 3 is 2.52 bits per heavy atom. The molecule has 2 aromatic carbocycles. The van der Waals surface area contributed by atoms with Crippen molar-refractivity contribution in [2.75, 3.05) is 27.2 Å². The lowest BCUT2D eigenvalue weighted by molar-refractivity contribution is 0.279. The summed E-state index contributed by atoms with van der Waals surface area (Å²) in [7, 11) is 3.50. The van der Waals surface area contributed by atoms with Gasteiger partial charge in [-0.15, -0.1) is 24.8 Å². The fourth-order valence-electron chi connectivity index (χ4n) is 2.40. The molecule has 0 fully saturated rings. The number of hydrogen-bond acceptors (Lipinski definition) is 4. The third kappa shape index (κ3) is 8.11. The van der Waals surface area contributed by atoms with Crippen molar-refractivity contribution in [1.82, 2.24) is 10.6 Å². The van der Waals surface area contributed by atoms with E-state index in [9.17, 15) is 4.39 Å². The number of ether oxygens (including phenoxy) is 2. The van der Waals surface area contributed by atoms with Gasteiger partial charge in [-0.1, -0.05) is 29.8 Å². The van der Waals surface area contributed by atoms with Crippen molar-refractivity contribution < 1.29 is 13.9 Å². The predicted molar refractivity (Wildman–Crippen MR) is 113 cm³/mol. The fraction of sp³-hybridized carbons (Fsp3) is 0.368. The van der Waals surface area contributed by atoms with E-state index >= 15 is 0 Å². The molecule has 0 aliphatic heterocycles. The van der Waals surface area contributed by atoms with Gasteiger partial charge < -0.3 is 20.1 Å². The number of halogens is 4. The fourth-order valence-corrected chi connectivity index (χ4v) is 2.69. The van der Waals surface area contributed by atoms with Gasteiger partial charge in [0.1, 0.15) is 12.4 Å². The van der Waals surface area contributed by atoms with Crippen LogP contribution < -0.4 is 20.1 Å². The first-order chi connectivity index (χ1) is 12.2. The molecule has 152 valence electrons. The van der Waals surface area contributed by atoms with Gasteiger partial charge in [0.05, 0.1) is 12.1 Å². The topological polar surface area (TPSA) is 42.5 Å². The molecule has 2 N–H and O–H groups in total. The molecule has 0 amide bonds. The van der Waals surface area contributed by atoms with Crippen LogP contribution in [-0.4, -0.2) is 27.2 Å². The highest BCUT2D eigenvalue weighted by molar-refractivity contribution is 6.32. The molecular weight excluding hydrogens is 414 g/mol. The van der Waals surface area contributed by atoms with Crippen LogP contribution in [0, 0.1) is 5.82 Å². The SMILES string of the molecule is CNCCCNCc1cc(Cl)c(OCc2ccccc2F)c(OC)c1.Cl.Cl. The first-order valence-electron chi connectivity index (χ1n) is 8.23. The van der Waals surface area contributed by atoms with E-state index in [1.807, 2.05) is 19.2 Å². The van der Waals surface area contributed by atoms with Crippen molar-refractivity contribution in [3.05, 3.63) is 58.4 Å². The van der Waals surface area contributed by atoms with Gasteiger partial charge in [-0.3, -0.25) is 0 Å². The van der Waals surface area contributed by atoms with Crippen LogP contribution >= 0.6 is 36.4 Å². The van der Waals surface area contributed by atoms with Gasteiger partial charge >= 0.3 is 0 Å². The highest BCUT2D eigenvalue weighted by Gasteiger charge is 2.13. The molecule has 0 aromatic heterocycles. The van der Waals surface area contributed by atoms with E-state index in [2.05, 4.69) is 10.6 Å². The van der Waals surface area contributed by atoms with Crippen LogP contribution in [0.1, 0.15) is 17.5 Å². The van der Waals surface area contributed by atoms with E-state index in [0.717, 1.165) is 25.1 Å². The molecule has 0 unspecified atom stereocenters. The minimum Gasteiger partial charge on any atom is -0.493 e. The van der Waals surface area contributed by atoms with Crippen molar-refractivity contribution in [3.63, 3.8) is 0 Å². The molecule has 0 heterocycles. The summed E-state index contributed by atoms with van der Waals surface area (Å²) in [5.41, 5.74) is 1.47. The molecule has 0 saturated carbocycles. The molecule has 2 rings (SSSR count). The Labute approximate surface area is 177 Å². The molecule has 0 bridgehead atoms. The van der Waals surface area contributed by atoms with Crippen LogP contribution in [0.5, 0.6) is 11.5 Å². The third-order valence-electron chi connectivity index (χ3n) is 3.73.